The van der Waals surface area contributed by atoms with Crippen molar-refractivity contribution in [3.05, 3.63) is 44.8 Å². The molecule has 5 heteroatoms. The number of likely N-dealkylation sites (tertiary alicyclic amines) is 1. The minimum atomic E-state index is 0.184. The highest BCUT2D eigenvalue weighted by Crippen LogP contribution is 2.40. The summed E-state index contributed by atoms with van der Waals surface area (Å²) in [6, 6.07) is 6.99. The Kier molecular flexibility index (Phi) is 3.42. The normalized spacial score (nSPS) is 22.0. The van der Waals surface area contributed by atoms with Crippen molar-refractivity contribution in [3.8, 4) is 0 Å². The van der Waals surface area contributed by atoms with Gasteiger partial charge in [-0.05, 0) is 59.1 Å². The predicted molar refractivity (Wildman–Crippen MR) is 87.7 cm³/mol. The van der Waals surface area contributed by atoms with Gasteiger partial charge in [0.15, 0.2) is 0 Å². The van der Waals surface area contributed by atoms with Crippen LogP contribution in [0.4, 0.5) is 0 Å². The van der Waals surface area contributed by atoms with Crippen molar-refractivity contribution in [3.63, 3.8) is 0 Å². The molecule has 2 aliphatic rings. The van der Waals surface area contributed by atoms with Crippen LogP contribution in [0.5, 0.6) is 0 Å². The van der Waals surface area contributed by atoms with Gasteiger partial charge in [0.1, 0.15) is 5.69 Å². The maximum Gasteiger partial charge on any atom is 0.271 e. The van der Waals surface area contributed by atoms with E-state index in [1.165, 1.54) is 17.7 Å². The molecule has 21 heavy (non-hydrogen) atoms. The molecule has 1 aliphatic carbocycles. The number of nitrogens with zero attached hydrogens (tertiary/aromatic N) is 2. The molecule has 1 saturated heterocycles. The van der Waals surface area contributed by atoms with Crippen molar-refractivity contribution in [2.75, 3.05) is 6.54 Å². The van der Waals surface area contributed by atoms with Crippen LogP contribution >= 0.6 is 27.3 Å². The van der Waals surface area contributed by atoms with Crippen molar-refractivity contribution >= 4 is 33.2 Å². The van der Waals surface area contributed by atoms with E-state index < -0.39 is 0 Å². The molecule has 0 radical (unpaired) electrons. The third-order valence-corrected chi connectivity index (χ3v) is 5.77. The fourth-order valence-corrected chi connectivity index (χ4v) is 4.52. The molecule has 1 saturated carbocycles. The van der Waals surface area contributed by atoms with Crippen LogP contribution in [0.15, 0.2) is 34.2 Å². The molecule has 1 amide bonds. The molecule has 4 rings (SSSR count). The van der Waals surface area contributed by atoms with Gasteiger partial charge in [0.25, 0.3) is 5.91 Å². The standard InChI is InChI=1S/C16H17BrN2OS/c17-11-9-14(19(10-11)12-5-6-12)16(20)18-7-1-3-13(18)15-4-2-8-21-15/h2,4,8-10,12-13H,1,3,5-7H2. The third-order valence-electron chi connectivity index (χ3n) is 4.36. The second-order valence-corrected chi connectivity index (χ2v) is 7.75. The quantitative estimate of drug-likeness (QED) is 0.779. The maximum absolute atomic E-state index is 13.0. The molecule has 2 aromatic rings. The Morgan fingerprint density at radius 3 is 2.90 bits per heavy atom. The van der Waals surface area contributed by atoms with Crippen molar-refractivity contribution < 1.29 is 4.79 Å². The number of hydrogen-bond donors (Lipinski definition) is 0. The number of hydrogen-bond acceptors (Lipinski definition) is 2. The third kappa shape index (κ3) is 2.46. The minimum absolute atomic E-state index is 0.184. The second-order valence-electron chi connectivity index (χ2n) is 5.85. The Morgan fingerprint density at radius 2 is 2.19 bits per heavy atom. The lowest BCUT2D eigenvalue weighted by Gasteiger charge is -2.24. The SMILES string of the molecule is O=C(c1cc(Br)cn1C1CC1)N1CCCC1c1cccs1. The smallest absolute Gasteiger partial charge is 0.271 e. The summed E-state index contributed by atoms with van der Waals surface area (Å²) in [5.41, 5.74) is 0.841. The topological polar surface area (TPSA) is 25.2 Å². The molecule has 110 valence electrons. The largest absolute Gasteiger partial charge is 0.339 e. The van der Waals surface area contributed by atoms with Gasteiger partial charge in [-0.1, -0.05) is 6.07 Å². The summed E-state index contributed by atoms with van der Waals surface area (Å²) < 4.78 is 3.17. The molecule has 1 atom stereocenters. The summed E-state index contributed by atoms with van der Waals surface area (Å²) in [5, 5.41) is 2.10. The van der Waals surface area contributed by atoms with Crippen LogP contribution in [0.25, 0.3) is 0 Å². The van der Waals surface area contributed by atoms with E-state index in [0.29, 0.717) is 6.04 Å². The van der Waals surface area contributed by atoms with Crippen LogP contribution in [0.1, 0.15) is 53.1 Å². The summed E-state index contributed by atoms with van der Waals surface area (Å²) >= 11 is 5.27. The van der Waals surface area contributed by atoms with E-state index in [0.717, 1.165) is 29.6 Å². The summed E-state index contributed by atoms with van der Waals surface area (Å²) in [4.78, 5) is 16.4. The first-order valence-corrected chi connectivity index (χ1v) is 9.13. The number of aromatic nitrogens is 1. The lowest BCUT2D eigenvalue weighted by Crippen LogP contribution is -2.31. The van der Waals surface area contributed by atoms with Crippen LogP contribution in [0, 0.1) is 0 Å². The van der Waals surface area contributed by atoms with Crippen molar-refractivity contribution in [2.24, 2.45) is 0 Å². The van der Waals surface area contributed by atoms with Crippen LogP contribution in [0.2, 0.25) is 0 Å². The van der Waals surface area contributed by atoms with Gasteiger partial charge >= 0.3 is 0 Å². The van der Waals surface area contributed by atoms with Crippen molar-refractivity contribution in [1.82, 2.24) is 9.47 Å². The highest BCUT2D eigenvalue weighted by atomic mass is 79.9. The highest BCUT2D eigenvalue weighted by Gasteiger charge is 2.35. The molecule has 0 bridgehead atoms. The summed E-state index contributed by atoms with van der Waals surface area (Å²) in [6.07, 6.45) is 6.61. The zero-order valence-electron chi connectivity index (χ0n) is 11.7. The highest BCUT2D eigenvalue weighted by molar-refractivity contribution is 9.10. The molecular weight excluding hydrogens is 348 g/mol. The van der Waals surface area contributed by atoms with Crippen LogP contribution < -0.4 is 0 Å². The first-order valence-electron chi connectivity index (χ1n) is 7.46. The Morgan fingerprint density at radius 1 is 1.33 bits per heavy atom. The zero-order chi connectivity index (χ0) is 14.4. The second kappa shape index (κ2) is 5.29. The summed E-state index contributed by atoms with van der Waals surface area (Å²) in [5.74, 6) is 0.184. The fourth-order valence-electron chi connectivity index (χ4n) is 3.21. The van der Waals surface area contributed by atoms with Crippen LogP contribution in [-0.4, -0.2) is 21.9 Å². The van der Waals surface area contributed by atoms with Gasteiger partial charge in [0.05, 0.1) is 6.04 Å². The van der Waals surface area contributed by atoms with Crippen molar-refractivity contribution in [2.45, 2.75) is 37.8 Å². The van der Waals surface area contributed by atoms with Gasteiger partial charge in [-0.3, -0.25) is 4.79 Å². The number of amides is 1. The van der Waals surface area contributed by atoms with E-state index in [1.807, 2.05) is 6.07 Å². The first kappa shape index (κ1) is 13.6. The molecule has 0 spiro atoms. The number of halogens is 1. The predicted octanol–water partition coefficient (Wildman–Crippen LogP) is 4.62. The van der Waals surface area contributed by atoms with Crippen LogP contribution in [-0.2, 0) is 0 Å². The Bertz CT molecular complexity index is 660. The number of carbonyl (C=O) groups is 1. The van der Waals surface area contributed by atoms with E-state index in [9.17, 15) is 4.79 Å². The summed E-state index contributed by atoms with van der Waals surface area (Å²) in [7, 11) is 0. The molecule has 0 N–H and O–H groups in total. The molecule has 1 aliphatic heterocycles. The van der Waals surface area contributed by atoms with E-state index in [1.54, 1.807) is 11.3 Å². The molecule has 2 fully saturated rings. The van der Waals surface area contributed by atoms with Crippen LogP contribution in [0.3, 0.4) is 0 Å². The van der Waals surface area contributed by atoms with Crippen molar-refractivity contribution in [1.29, 1.82) is 0 Å². The number of thiophene rings is 1. The fraction of sp³-hybridized carbons (Fsp3) is 0.438. The van der Waals surface area contributed by atoms with Gasteiger partial charge in [-0.25, -0.2) is 0 Å². The van der Waals surface area contributed by atoms with Gasteiger partial charge in [-0.15, -0.1) is 11.3 Å². The molecule has 3 heterocycles. The summed E-state index contributed by atoms with van der Waals surface area (Å²) in [6.45, 7) is 0.870. The van der Waals surface area contributed by atoms with E-state index in [4.69, 9.17) is 0 Å². The number of carbonyl (C=O) groups excluding carboxylic acids is 1. The van der Waals surface area contributed by atoms with E-state index >= 15 is 0 Å². The molecule has 3 nitrogen and oxygen atoms in total. The minimum Gasteiger partial charge on any atom is -0.339 e. The molecule has 2 aromatic heterocycles. The first-order chi connectivity index (χ1) is 10.2. The lowest BCUT2D eigenvalue weighted by atomic mass is 10.2. The van der Waals surface area contributed by atoms with Gasteiger partial charge in [0, 0.05) is 28.1 Å². The maximum atomic E-state index is 13.0. The molecule has 0 aromatic carbocycles. The average Bonchev–Trinajstić information content (AvgIpc) is 2.93. The van der Waals surface area contributed by atoms with E-state index in [-0.39, 0.29) is 11.9 Å². The Labute approximate surface area is 136 Å². The zero-order valence-corrected chi connectivity index (χ0v) is 14.1. The molecular formula is C16H17BrN2OS. The van der Waals surface area contributed by atoms with Gasteiger partial charge < -0.3 is 9.47 Å². The van der Waals surface area contributed by atoms with E-state index in [2.05, 4.69) is 49.1 Å². The van der Waals surface area contributed by atoms with Gasteiger partial charge in [-0.2, -0.15) is 0 Å². The van der Waals surface area contributed by atoms with Gasteiger partial charge in [0.2, 0.25) is 0 Å². The average molecular weight is 365 g/mol. The number of rotatable bonds is 3. The Hall–Kier alpha value is -1.07. The Balaban J connectivity index is 1.65. The lowest BCUT2D eigenvalue weighted by molar-refractivity contribution is 0.0726. The monoisotopic (exact) mass is 364 g/mol. The molecule has 1 unspecified atom stereocenters.